The van der Waals surface area contributed by atoms with Crippen LogP contribution in [0.5, 0.6) is 0 Å². The number of amides is 1. The van der Waals surface area contributed by atoms with Gasteiger partial charge in [-0.2, -0.15) is 0 Å². The molecule has 1 unspecified atom stereocenters. The third-order valence-corrected chi connectivity index (χ3v) is 4.66. The highest BCUT2D eigenvalue weighted by atomic mass is 16.5. The number of rotatable bonds is 9. The van der Waals surface area contributed by atoms with E-state index in [0.717, 1.165) is 19.3 Å². The molecule has 0 aromatic heterocycles. The maximum atomic E-state index is 12.0. The summed E-state index contributed by atoms with van der Waals surface area (Å²) in [6, 6.07) is 10.9. The second-order valence-corrected chi connectivity index (χ2v) is 6.52. The Morgan fingerprint density at radius 1 is 1.17 bits per heavy atom. The number of ether oxygens (including phenoxy) is 2. The molecule has 1 saturated carbocycles. The first-order valence-corrected chi connectivity index (χ1v) is 8.59. The van der Waals surface area contributed by atoms with E-state index in [1.54, 1.807) is 7.11 Å². The first-order valence-electron chi connectivity index (χ1n) is 8.59. The average Bonchev–Trinajstić information content (AvgIpc) is 2.87. The van der Waals surface area contributed by atoms with E-state index in [1.165, 1.54) is 5.56 Å². The Kier molecular flexibility index (Phi) is 7.56. The predicted molar refractivity (Wildman–Crippen MR) is 91.3 cm³/mol. The lowest BCUT2D eigenvalue weighted by molar-refractivity contribution is -0.123. The lowest BCUT2D eigenvalue weighted by atomic mass is 9.91. The van der Waals surface area contributed by atoms with Crippen molar-refractivity contribution in [1.82, 2.24) is 5.32 Å². The Morgan fingerprint density at radius 2 is 1.96 bits per heavy atom. The summed E-state index contributed by atoms with van der Waals surface area (Å²) in [5.41, 5.74) is 1.39. The summed E-state index contributed by atoms with van der Waals surface area (Å²) < 4.78 is 10.2. The standard InChI is InChI=1S/C19H29NO3/c1-15-12-18(20-19(21)8-9-23-11-10-22-2)14-17(15)13-16-6-4-3-5-7-16/h3-7,15,17-18H,8-14H2,1-2H3,(H,20,21)/t15-,17?,18+/m1/s1. The van der Waals surface area contributed by atoms with Crippen molar-refractivity contribution in [1.29, 1.82) is 0 Å². The average molecular weight is 319 g/mol. The minimum absolute atomic E-state index is 0.0972. The highest BCUT2D eigenvalue weighted by Gasteiger charge is 2.31. The molecule has 0 heterocycles. The van der Waals surface area contributed by atoms with Gasteiger partial charge < -0.3 is 14.8 Å². The van der Waals surface area contributed by atoms with Gasteiger partial charge in [0, 0.05) is 19.6 Å². The number of nitrogens with one attached hydrogen (secondary N) is 1. The van der Waals surface area contributed by atoms with Crippen molar-refractivity contribution in [3.63, 3.8) is 0 Å². The van der Waals surface area contributed by atoms with Crippen LogP contribution in [-0.4, -0.2) is 38.9 Å². The van der Waals surface area contributed by atoms with Crippen LogP contribution >= 0.6 is 0 Å². The van der Waals surface area contributed by atoms with Crippen molar-refractivity contribution in [2.75, 3.05) is 26.9 Å². The van der Waals surface area contributed by atoms with Gasteiger partial charge in [-0.05, 0) is 36.7 Å². The fourth-order valence-electron chi connectivity index (χ4n) is 3.36. The van der Waals surface area contributed by atoms with Crippen LogP contribution in [0.25, 0.3) is 0 Å². The zero-order chi connectivity index (χ0) is 16.5. The minimum atomic E-state index is 0.0972. The van der Waals surface area contributed by atoms with Gasteiger partial charge >= 0.3 is 0 Å². The lowest BCUT2D eigenvalue weighted by Gasteiger charge is -2.15. The third-order valence-electron chi connectivity index (χ3n) is 4.66. The number of carbonyl (C=O) groups is 1. The molecule has 1 amide bonds. The second-order valence-electron chi connectivity index (χ2n) is 6.52. The monoisotopic (exact) mass is 319 g/mol. The highest BCUT2D eigenvalue weighted by molar-refractivity contribution is 5.76. The molecule has 128 valence electrons. The molecular weight excluding hydrogens is 290 g/mol. The van der Waals surface area contributed by atoms with Gasteiger partial charge in [0.2, 0.25) is 5.91 Å². The van der Waals surface area contributed by atoms with Gasteiger partial charge in [-0.25, -0.2) is 0 Å². The molecule has 1 aromatic carbocycles. The van der Waals surface area contributed by atoms with E-state index in [1.807, 2.05) is 0 Å². The molecule has 2 rings (SSSR count). The molecule has 4 nitrogen and oxygen atoms in total. The van der Waals surface area contributed by atoms with Gasteiger partial charge in [-0.1, -0.05) is 37.3 Å². The van der Waals surface area contributed by atoms with E-state index < -0.39 is 0 Å². The maximum absolute atomic E-state index is 12.0. The molecule has 1 N–H and O–H groups in total. The van der Waals surface area contributed by atoms with E-state index >= 15 is 0 Å². The zero-order valence-electron chi connectivity index (χ0n) is 14.3. The topological polar surface area (TPSA) is 47.6 Å². The van der Waals surface area contributed by atoms with Gasteiger partial charge in [-0.15, -0.1) is 0 Å². The van der Waals surface area contributed by atoms with E-state index in [9.17, 15) is 4.79 Å². The van der Waals surface area contributed by atoms with Crippen LogP contribution in [0.3, 0.4) is 0 Å². The Hall–Kier alpha value is -1.39. The summed E-state index contributed by atoms with van der Waals surface area (Å²) in [4.78, 5) is 12.0. The number of carbonyl (C=O) groups excluding carboxylic acids is 1. The number of methoxy groups -OCH3 is 1. The first-order chi connectivity index (χ1) is 11.2. The Labute approximate surface area is 139 Å². The molecule has 0 aliphatic heterocycles. The van der Waals surface area contributed by atoms with E-state index in [0.29, 0.717) is 44.1 Å². The predicted octanol–water partition coefficient (Wildman–Crippen LogP) is 2.81. The molecule has 0 radical (unpaired) electrons. The van der Waals surface area contributed by atoms with Crippen LogP contribution in [-0.2, 0) is 20.7 Å². The fourth-order valence-corrected chi connectivity index (χ4v) is 3.36. The molecule has 23 heavy (non-hydrogen) atoms. The maximum Gasteiger partial charge on any atom is 0.222 e. The molecule has 1 aliphatic rings. The van der Waals surface area contributed by atoms with Crippen molar-refractivity contribution in [3.05, 3.63) is 35.9 Å². The molecule has 1 aliphatic carbocycles. The molecular formula is C19H29NO3. The molecule has 0 saturated heterocycles. The SMILES string of the molecule is COCCOCCC(=O)N[C@@H]1CC(Cc2ccccc2)[C@H](C)C1. The largest absolute Gasteiger partial charge is 0.382 e. The van der Waals surface area contributed by atoms with Crippen molar-refractivity contribution in [3.8, 4) is 0 Å². The van der Waals surface area contributed by atoms with Gasteiger partial charge in [0.25, 0.3) is 0 Å². The molecule has 4 heteroatoms. The Bertz CT molecular complexity index is 463. The summed E-state index contributed by atoms with van der Waals surface area (Å²) >= 11 is 0. The summed E-state index contributed by atoms with van der Waals surface area (Å²) in [7, 11) is 1.64. The van der Waals surface area contributed by atoms with Gasteiger partial charge in [-0.3, -0.25) is 4.79 Å². The van der Waals surface area contributed by atoms with Crippen molar-refractivity contribution >= 4 is 5.91 Å². The second kappa shape index (κ2) is 9.68. The van der Waals surface area contributed by atoms with Crippen molar-refractivity contribution in [2.45, 2.75) is 38.6 Å². The van der Waals surface area contributed by atoms with Crippen LogP contribution in [0.2, 0.25) is 0 Å². The van der Waals surface area contributed by atoms with E-state index in [2.05, 4.69) is 42.6 Å². The van der Waals surface area contributed by atoms with Gasteiger partial charge in [0.1, 0.15) is 0 Å². The van der Waals surface area contributed by atoms with Crippen LogP contribution in [0.1, 0.15) is 31.7 Å². The third kappa shape index (κ3) is 6.32. The summed E-state index contributed by atoms with van der Waals surface area (Å²) in [6.45, 7) is 3.88. The van der Waals surface area contributed by atoms with E-state index in [-0.39, 0.29) is 5.91 Å². The number of hydrogen-bond acceptors (Lipinski definition) is 3. The molecule has 1 fully saturated rings. The Morgan fingerprint density at radius 3 is 2.70 bits per heavy atom. The van der Waals surface area contributed by atoms with Crippen LogP contribution < -0.4 is 5.32 Å². The number of benzene rings is 1. The quantitative estimate of drug-likeness (QED) is 0.712. The van der Waals surface area contributed by atoms with Gasteiger partial charge in [0.05, 0.1) is 19.8 Å². The minimum Gasteiger partial charge on any atom is -0.382 e. The van der Waals surface area contributed by atoms with Crippen molar-refractivity contribution in [2.24, 2.45) is 11.8 Å². The number of hydrogen-bond donors (Lipinski definition) is 1. The molecule has 0 bridgehead atoms. The van der Waals surface area contributed by atoms with Crippen molar-refractivity contribution < 1.29 is 14.3 Å². The first kappa shape index (κ1) is 18.0. The summed E-state index contributed by atoms with van der Waals surface area (Å²) in [5, 5.41) is 3.17. The van der Waals surface area contributed by atoms with E-state index in [4.69, 9.17) is 9.47 Å². The van der Waals surface area contributed by atoms with Crippen LogP contribution in [0, 0.1) is 11.8 Å². The highest BCUT2D eigenvalue weighted by Crippen LogP contribution is 2.34. The Balaban J connectivity index is 1.68. The van der Waals surface area contributed by atoms with Gasteiger partial charge in [0.15, 0.2) is 0 Å². The summed E-state index contributed by atoms with van der Waals surface area (Å²) in [6.07, 6.45) is 3.69. The fraction of sp³-hybridized carbons (Fsp3) is 0.632. The summed E-state index contributed by atoms with van der Waals surface area (Å²) in [5.74, 6) is 1.40. The normalized spacial score (nSPS) is 23.8. The smallest absolute Gasteiger partial charge is 0.222 e. The molecule has 0 spiro atoms. The van der Waals surface area contributed by atoms with Crippen LogP contribution in [0.4, 0.5) is 0 Å². The molecule has 3 atom stereocenters. The lowest BCUT2D eigenvalue weighted by Crippen LogP contribution is -2.33. The molecule has 1 aromatic rings. The zero-order valence-corrected chi connectivity index (χ0v) is 14.3. The van der Waals surface area contributed by atoms with Crippen LogP contribution in [0.15, 0.2) is 30.3 Å².